The standard InChI is InChI=1S/C17H18N4/c1-12-19-11-16(14-8-6-13(10-18)7-9-14)17(20-12)21-15-4-2-3-5-15/h6-9,11,15H,2-5H2,1H3,(H,19,20,21). The minimum Gasteiger partial charge on any atom is -0.367 e. The molecule has 1 N–H and O–H groups in total. The van der Waals surface area contributed by atoms with Gasteiger partial charge in [-0.15, -0.1) is 0 Å². The molecule has 106 valence electrons. The average Bonchev–Trinajstić information content (AvgIpc) is 3.01. The molecule has 0 unspecified atom stereocenters. The molecule has 0 atom stereocenters. The van der Waals surface area contributed by atoms with Crippen LogP contribution in [0.15, 0.2) is 30.5 Å². The number of benzene rings is 1. The third-order valence-corrected chi connectivity index (χ3v) is 3.93. The fraction of sp³-hybridized carbons (Fsp3) is 0.353. The van der Waals surface area contributed by atoms with E-state index in [2.05, 4.69) is 21.4 Å². The highest BCUT2D eigenvalue weighted by atomic mass is 15.1. The van der Waals surface area contributed by atoms with E-state index in [1.807, 2.05) is 37.4 Å². The van der Waals surface area contributed by atoms with Gasteiger partial charge in [0.2, 0.25) is 0 Å². The van der Waals surface area contributed by atoms with Gasteiger partial charge in [0, 0.05) is 17.8 Å². The Morgan fingerprint density at radius 2 is 1.90 bits per heavy atom. The zero-order chi connectivity index (χ0) is 14.7. The van der Waals surface area contributed by atoms with E-state index in [1.165, 1.54) is 25.7 Å². The first-order valence-electron chi connectivity index (χ1n) is 7.37. The summed E-state index contributed by atoms with van der Waals surface area (Å²) in [5.74, 6) is 1.67. The largest absolute Gasteiger partial charge is 0.367 e. The number of nitrogens with zero attached hydrogens (tertiary/aromatic N) is 3. The molecule has 1 saturated carbocycles. The van der Waals surface area contributed by atoms with Gasteiger partial charge in [0.25, 0.3) is 0 Å². The third kappa shape index (κ3) is 3.03. The van der Waals surface area contributed by atoms with Crippen molar-refractivity contribution in [1.29, 1.82) is 5.26 Å². The Bertz CT molecular complexity index is 664. The molecule has 1 heterocycles. The minimum atomic E-state index is 0.511. The van der Waals surface area contributed by atoms with Crippen LogP contribution >= 0.6 is 0 Å². The van der Waals surface area contributed by atoms with Crippen LogP contribution in [0.3, 0.4) is 0 Å². The molecule has 3 rings (SSSR count). The van der Waals surface area contributed by atoms with Crippen LogP contribution in [-0.2, 0) is 0 Å². The first-order chi connectivity index (χ1) is 10.3. The predicted octanol–water partition coefficient (Wildman–Crippen LogP) is 3.68. The highest BCUT2D eigenvalue weighted by Gasteiger charge is 2.17. The lowest BCUT2D eigenvalue weighted by molar-refractivity contribution is 0.749. The summed E-state index contributed by atoms with van der Waals surface area (Å²) < 4.78 is 0. The number of nitrogens with one attached hydrogen (secondary N) is 1. The van der Waals surface area contributed by atoms with Gasteiger partial charge in [-0.3, -0.25) is 0 Å². The Balaban J connectivity index is 1.94. The molecule has 1 fully saturated rings. The maximum absolute atomic E-state index is 8.89. The highest BCUT2D eigenvalue weighted by molar-refractivity contribution is 5.75. The maximum atomic E-state index is 8.89. The number of anilines is 1. The number of aromatic nitrogens is 2. The second kappa shape index (κ2) is 5.92. The maximum Gasteiger partial charge on any atom is 0.137 e. The molecule has 4 nitrogen and oxygen atoms in total. The summed E-state index contributed by atoms with van der Waals surface area (Å²) in [6.07, 6.45) is 6.84. The minimum absolute atomic E-state index is 0.511. The second-order valence-corrected chi connectivity index (χ2v) is 5.49. The molecule has 0 saturated heterocycles. The molecule has 0 bridgehead atoms. The van der Waals surface area contributed by atoms with E-state index in [4.69, 9.17) is 5.26 Å². The molecule has 2 aromatic rings. The van der Waals surface area contributed by atoms with E-state index in [-0.39, 0.29) is 0 Å². The Labute approximate surface area is 124 Å². The van der Waals surface area contributed by atoms with E-state index < -0.39 is 0 Å². The zero-order valence-corrected chi connectivity index (χ0v) is 12.1. The molecule has 1 aliphatic carbocycles. The number of rotatable bonds is 3. The smallest absolute Gasteiger partial charge is 0.137 e. The number of hydrogen-bond acceptors (Lipinski definition) is 4. The fourth-order valence-corrected chi connectivity index (χ4v) is 2.78. The monoisotopic (exact) mass is 278 g/mol. The van der Waals surface area contributed by atoms with E-state index in [0.29, 0.717) is 11.6 Å². The van der Waals surface area contributed by atoms with Crippen LogP contribution in [0.1, 0.15) is 37.1 Å². The molecule has 1 aromatic carbocycles. The van der Waals surface area contributed by atoms with Gasteiger partial charge in [0.15, 0.2) is 0 Å². The van der Waals surface area contributed by atoms with Crippen molar-refractivity contribution in [3.05, 3.63) is 41.9 Å². The predicted molar refractivity (Wildman–Crippen MR) is 82.8 cm³/mol. The van der Waals surface area contributed by atoms with Gasteiger partial charge in [0.05, 0.1) is 11.6 Å². The summed E-state index contributed by atoms with van der Waals surface area (Å²) in [6.45, 7) is 1.91. The summed E-state index contributed by atoms with van der Waals surface area (Å²) in [6, 6.07) is 10.2. The molecule has 0 radical (unpaired) electrons. The quantitative estimate of drug-likeness (QED) is 0.930. The van der Waals surface area contributed by atoms with Gasteiger partial charge < -0.3 is 5.32 Å². The molecular weight excluding hydrogens is 260 g/mol. The van der Waals surface area contributed by atoms with Gasteiger partial charge in [-0.25, -0.2) is 9.97 Å². The molecule has 4 heteroatoms. The summed E-state index contributed by atoms with van der Waals surface area (Å²) in [5.41, 5.74) is 2.70. The number of nitriles is 1. The van der Waals surface area contributed by atoms with Crippen LogP contribution in [0.5, 0.6) is 0 Å². The van der Waals surface area contributed by atoms with Crippen LogP contribution < -0.4 is 5.32 Å². The highest BCUT2D eigenvalue weighted by Crippen LogP contribution is 2.29. The van der Waals surface area contributed by atoms with Crippen molar-refractivity contribution >= 4 is 5.82 Å². The number of hydrogen-bond donors (Lipinski definition) is 1. The lowest BCUT2D eigenvalue weighted by Crippen LogP contribution is -2.16. The van der Waals surface area contributed by atoms with Crippen molar-refractivity contribution in [1.82, 2.24) is 9.97 Å². The summed E-state index contributed by atoms with van der Waals surface area (Å²) >= 11 is 0. The Morgan fingerprint density at radius 1 is 1.19 bits per heavy atom. The number of aryl methyl sites for hydroxylation is 1. The van der Waals surface area contributed by atoms with E-state index in [9.17, 15) is 0 Å². The Morgan fingerprint density at radius 3 is 2.57 bits per heavy atom. The third-order valence-electron chi connectivity index (χ3n) is 3.93. The second-order valence-electron chi connectivity index (χ2n) is 5.49. The Kier molecular flexibility index (Phi) is 3.83. The van der Waals surface area contributed by atoms with Crippen molar-refractivity contribution in [2.24, 2.45) is 0 Å². The molecule has 1 aliphatic rings. The molecule has 21 heavy (non-hydrogen) atoms. The lowest BCUT2D eigenvalue weighted by atomic mass is 10.1. The van der Waals surface area contributed by atoms with E-state index in [0.717, 1.165) is 22.8 Å². The van der Waals surface area contributed by atoms with E-state index in [1.54, 1.807) is 0 Å². The van der Waals surface area contributed by atoms with Crippen LogP contribution in [0.4, 0.5) is 5.82 Å². The van der Waals surface area contributed by atoms with Crippen LogP contribution in [0.25, 0.3) is 11.1 Å². The molecular formula is C17H18N4. The Hall–Kier alpha value is -2.41. The van der Waals surface area contributed by atoms with Gasteiger partial charge in [-0.05, 0) is 37.5 Å². The van der Waals surface area contributed by atoms with Gasteiger partial charge in [-0.2, -0.15) is 5.26 Å². The van der Waals surface area contributed by atoms with Crippen LogP contribution in [-0.4, -0.2) is 16.0 Å². The van der Waals surface area contributed by atoms with Crippen molar-refractivity contribution in [3.63, 3.8) is 0 Å². The summed E-state index contributed by atoms with van der Waals surface area (Å²) in [5, 5.41) is 12.5. The summed E-state index contributed by atoms with van der Waals surface area (Å²) in [7, 11) is 0. The van der Waals surface area contributed by atoms with Gasteiger partial charge >= 0.3 is 0 Å². The molecule has 0 aliphatic heterocycles. The molecule has 1 aromatic heterocycles. The fourth-order valence-electron chi connectivity index (χ4n) is 2.78. The van der Waals surface area contributed by atoms with Crippen LogP contribution in [0.2, 0.25) is 0 Å². The zero-order valence-electron chi connectivity index (χ0n) is 12.1. The topological polar surface area (TPSA) is 61.6 Å². The molecule has 0 amide bonds. The first-order valence-corrected chi connectivity index (χ1v) is 7.37. The van der Waals surface area contributed by atoms with Gasteiger partial charge in [-0.1, -0.05) is 25.0 Å². The van der Waals surface area contributed by atoms with E-state index >= 15 is 0 Å². The van der Waals surface area contributed by atoms with Gasteiger partial charge in [0.1, 0.15) is 11.6 Å². The lowest BCUT2D eigenvalue weighted by Gasteiger charge is -2.16. The summed E-state index contributed by atoms with van der Waals surface area (Å²) in [4.78, 5) is 8.89. The molecule has 0 spiro atoms. The van der Waals surface area contributed by atoms with Crippen LogP contribution in [0, 0.1) is 18.3 Å². The SMILES string of the molecule is Cc1ncc(-c2ccc(C#N)cc2)c(NC2CCCC2)n1. The average molecular weight is 278 g/mol. The van der Waals surface area contributed by atoms with Crippen molar-refractivity contribution in [2.45, 2.75) is 38.6 Å². The van der Waals surface area contributed by atoms with Crippen molar-refractivity contribution in [2.75, 3.05) is 5.32 Å². The normalized spacial score (nSPS) is 14.9. The first kappa shape index (κ1) is 13.6. The van der Waals surface area contributed by atoms with Crippen molar-refractivity contribution in [3.8, 4) is 17.2 Å². The van der Waals surface area contributed by atoms with Crippen molar-refractivity contribution < 1.29 is 0 Å².